The number of aryl methyl sites for hydroxylation is 1. The maximum absolute atomic E-state index is 13.2. The second kappa shape index (κ2) is 7.72. The number of nitrogens with zero attached hydrogens (tertiary/aromatic N) is 2. The number of rotatable bonds is 4. The van der Waals surface area contributed by atoms with Crippen LogP contribution in [-0.2, 0) is 11.3 Å². The molecule has 146 valence electrons. The summed E-state index contributed by atoms with van der Waals surface area (Å²) in [6.07, 6.45) is 0. The Morgan fingerprint density at radius 2 is 1.86 bits per heavy atom. The molecule has 1 amide bonds. The summed E-state index contributed by atoms with van der Waals surface area (Å²) in [6.45, 7) is 6.14. The number of aromatic amines is 1. The summed E-state index contributed by atoms with van der Waals surface area (Å²) in [4.78, 5) is 39.6. The highest BCUT2D eigenvalue weighted by molar-refractivity contribution is 6.03. The lowest BCUT2D eigenvalue weighted by Gasteiger charge is -2.27. The molecule has 0 unspecified atom stereocenters. The molecule has 0 aliphatic carbocycles. The summed E-state index contributed by atoms with van der Waals surface area (Å²) < 4.78 is 5.72. The predicted molar refractivity (Wildman–Crippen MR) is 107 cm³/mol. The smallest absolute Gasteiger partial charge is 0.346 e. The third-order valence-corrected chi connectivity index (χ3v) is 4.79. The fourth-order valence-electron chi connectivity index (χ4n) is 3.12. The molecule has 0 saturated heterocycles. The van der Waals surface area contributed by atoms with E-state index >= 15 is 0 Å². The average Bonchev–Trinajstić information content (AvgIpc) is 3.03. The van der Waals surface area contributed by atoms with Crippen LogP contribution in [0.1, 0.15) is 35.3 Å². The Bertz CT molecular complexity index is 1090. The number of aromatic nitrogens is 2. The van der Waals surface area contributed by atoms with Crippen LogP contribution in [0.25, 0.3) is 10.9 Å². The molecule has 3 aromatic rings. The van der Waals surface area contributed by atoms with Crippen molar-refractivity contribution in [3.63, 3.8) is 0 Å². The number of hydrogen-bond donors (Lipinski definition) is 1. The van der Waals surface area contributed by atoms with Crippen LogP contribution in [0.15, 0.2) is 47.3 Å². The van der Waals surface area contributed by atoms with Crippen LogP contribution in [0.5, 0.6) is 0 Å². The first-order valence-electron chi connectivity index (χ1n) is 9.02. The summed E-state index contributed by atoms with van der Waals surface area (Å²) in [7, 11) is 1.27. The lowest BCUT2D eigenvalue weighted by molar-refractivity contribution is 0.0602. The number of esters is 1. The third kappa shape index (κ3) is 3.43. The molecule has 0 aliphatic rings. The van der Waals surface area contributed by atoms with Gasteiger partial charge in [0.05, 0.1) is 23.6 Å². The normalized spacial score (nSPS) is 11.0. The predicted octanol–water partition coefficient (Wildman–Crippen LogP) is 3.30. The standard InChI is InChI=1S/C21H23N3O4/c1-13(2)23(12-15-9-6-5-8-14(15)3)21(27)24-19(25)16-10-7-11-17(18(16)22-24)20(26)28-4/h5-11,13,22H,12H2,1-4H3. The van der Waals surface area contributed by atoms with Gasteiger partial charge in [0.25, 0.3) is 5.56 Å². The molecule has 2 aromatic carbocycles. The van der Waals surface area contributed by atoms with Gasteiger partial charge in [-0.1, -0.05) is 30.3 Å². The Labute approximate surface area is 162 Å². The van der Waals surface area contributed by atoms with E-state index in [0.29, 0.717) is 6.54 Å². The Morgan fingerprint density at radius 1 is 1.14 bits per heavy atom. The molecule has 7 heteroatoms. The zero-order valence-corrected chi connectivity index (χ0v) is 16.4. The van der Waals surface area contributed by atoms with E-state index < -0.39 is 17.6 Å². The van der Waals surface area contributed by atoms with Crippen molar-refractivity contribution in [3.05, 3.63) is 69.5 Å². The van der Waals surface area contributed by atoms with Crippen LogP contribution in [0, 0.1) is 6.92 Å². The van der Waals surface area contributed by atoms with Crippen LogP contribution < -0.4 is 5.56 Å². The average molecular weight is 381 g/mol. The number of H-pyrrole nitrogens is 1. The molecule has 0 spiro atoms. The SMILES string of the molecule is COC(=O)c1cccc2c(=O)n(C(=O)N(Cc3ccccc3C)C(C)C)[nH]c12. The van der Waals surface area contributed by atoms with Crippen LogP contribution in [-0.4, -0.2) is 39.8 Å². The number of fused-ring (bicyclic) bond motifs is 1. The van der Waals surface area contributed by atoms with E-state index in [1.807, 2.05) is 45.0 Å². The fourth-order valence-corrected chi connectivity index (χ4v) is 3.12. The molecule has 1 aromatic heterocycles. The second-order valence-electron chi connectivity index (χ2n) is 6.90. The van der Waals surface area contributed by atoms with Crippen molar-refractivity contribution in [2.24, 2.45) is 0 Å². The Hall–Kier alpha value is -3.35. The van der Waals surface area contributed by atoms with Gasteiger partial charge in [0.15, 0.2) is 0 Å². The molecule has 1 heterocycles. The molecule has 0 radical (unpaired) electrons. The molecule has 28 heavy (non-hydrogen) atoms. The lowest BCUT2D eigenvalue weighted by atomic mass is 10.1. The summed E-state index contributed by atoms with van der Waals surface area (Å²) in [5.74, 6) is -0.577. The number of carbonyl (C=O) groups excluding carboxylic acids is 2. The first-order chi connectivity index (χ1) is 13.3. The molecule has 7 nitrogen and oxygen atoms in total. The second-order valence-corrected chi connectivity index (χ2v) is 6.90. The zero-order valence-electron chi connectivity index (χ0n) is 16.4. The molecule has 0 aliphatic heterocycles. The van der Waals surface area contributed by atoms with Gasteiger partial charge in [-0.2, -0.15) is 4.68 Å². The van der Waals surface area contributed by atoms with Gasteiger partial charge in [0.2, 0.25) is 0 Å². The highest BCUT2D eigenvalue weighted by Crippen LogP contribution is 2.17. The van der Waals surface area contributed by atoms with Crippen molar-refractivity contribution in [2.75, 3.05) is 7.11 Å². The third-order valence-electron chi connectivity index (χ3n) is 4.79. The Kier molecular flexibility index (Phi) is 5.35. The number of methoxy groups -OCH3 is 1. The quantitative estimate of drug-likeness (QED) is 0.703. The minimum atomic E-state index is -0.577. The van der Waals surface area contributed by atoms with E-state index in [4.69, 9.17) is 4.74 Å². The van der Waals surface area contributed by atoms with Crippen LogP contribution in [0.2, 0.25) is 0 Å². The van der Waals surface area contributed by atoms with Crippen molar-refractivity contribution < 1.29 is 14.3 Å². The fraction of sp³-hybridized carbons (Fsp3) is 0.286. The highest BCUT2D eigenvalue weighted by Gasteiger charge is 2.24. The van der Waals surface area contributed by atoms with E-state index in [2.05, 4.69) is 5.10 Å². The summed E-state index contributed by atoms with van der Waals surface area (Å²) >= 11 is 0. The van der Waals surface area contributed by atoms with Crippen molar-refractivity contribution in [1.29, 1.82) is 0 Å². The minimum absolute atomic E-state index is 0.134. The number of para-hydroxylation sites is 1. The molecule has 0 bridgehead atoms. The van der Waals surface area contributed by atoms with E-state index in [1.165, 1.54) is 7.11 Å². The van der Waals surface area contributed by atoms with E-state index in [-0.39, 0.29) is 22.5 Å². The number of hydrogen-bond acceptors (Lipinski definition) is 4. The molecule has 0 fully saturated rings. The monoisotopic (exact) mass is 381 g/mol. The molecule has 0 saturated carbocycles. The number of carbonyl (C=O) groups is 2. The van der Waals surface area contributed by atoms with E-state index in [9.17, 15) is 14.4 Å². The van der Waals surface area contributed by atoms with Gasteiger partial charge in [-0.05, 0) is 44.0 Å². The maximum atomic E-state index is 13.2. The van der Waals surface area contributed by atoms with Crippen molar-refractivity contribution >= 4 is 22.9 Å². The summed E-state index contributed by atoms with van der Waals surface area (Å²) in [5, 5.41) is 3.06. The van der Waals surface area contributed by atoms with Crippen LogP contribution in [0.3, 0.4) is 0 Å². The van der Waals surface area contributed by atoms with E-state index in [1.54, 1.807) is 23.1 Å². The lowest BCUT2D eigenvalue weighted by Crippen LogP contribution is -2.43. The number of benzene rings is 2. The summed E-state index contributed by atoms with van der Waals surface area (Å²) in [6, 6.07) is 11.9. The van der Waals surface area contributed by atoms with Gasteiger partial charge in [-0.3, -0.25) is 9.89 Å². The van der Waals surface area contributed by atoms with Gasteiger partial charge in [0, 0.05) is 12.6 Å². The molecule has 1 N–H and O–H groups in total. The van der Waals surface area contributed by atoms with Gasteiger partial charge in [-0.15, -0.1) is 0 Å². The number of nitrogens with one attached hydrogen (secondary N) is 1. The van der Waals surface area contributed by atoms with Gasteiger partial charge >= 0.3 is 12.0 Å². The maximum Gasteiger partial charge on any atom is 0.346 e. The first-order valence-corrected chi connectivity index (χ1v) is 9.02. The summed E-state index contributed by atoms with van der Waals surface area (Å²) in [5.41, 5.74) is 2.06. The number of amides is 1. The topological polar surface area (TPSA) is 84.4 Å². The highest BCUT2D eigenvalue weighted by atomic mass is 16.5. The van der Waals surface area contributed by atoms with Crippen molar-refractivity contribution in [2.45, 2.75) is 33.4 Å². The first kappa shape index (κ1) is 19.4. The van der Waals surface area contributed by atoms with Gasteiger partial charge in [-0.25, -0.2) is 9.59 Å². The van der Waals surface area contributed by atoms with Crippen LogP contribution >= 0.6 is 0 Å². The Morgan fingerprint density at radius 3 is 2.50 bits per heavy atom. The molecule has 0 atom stereocenters. The van der Waals surface area contributed by atoms with Gasteiger partial charge < -0.3 is 9.64 Å². The Balaban J connectivity index is 2.06. The molecular formula is C21H23N3O4. The minimum Gasteiger partial charge on any atom is -0.465 e. The number of ether oxygens (including phenoxy) is 1. The van der Waals surface area contributed by atoms with Crippen molar-refractivity contribution in [3.8, 4) is 0 Å². The molecular weight excluding hydrogens is 358 g/mol. The largest absolute Gasteiger partial charge is 0.465 e. The molecule has 3 rings (SSSR count). The zero-order chi connectivity index (χ0) is 20.4. The van der Waals surface area contributed by atoms with E-state index in [0.717, 1.165) is 15.8 Å². The van der Waals surface area contributed by atoms with Crippen LogP contribution in [0.4, 0.5) is 4.79 Å². The van der Waals surface area contributed by atoms with Gasteiger partial charge in [0.1, 0.15) is 0 Å². The van der Waals surface area contributed by atoms with Crippen molar-refractivity contribution in [1.82, 2.24) is 14.7 Å².